The third-order valence-electron chi connectivity index (χ3n) is 6.41. The van der Waals surface area contributed by atoms with Crippen LogP contribution in [0, 0.1) is 13.8 Å². The number of aryl methyl sites for hydroxylation is 2. The van der Waals surface area contributed by atoms with Crippen molar-refractivity contribution in [2.75, 3.05) is 4.90 Å². The second-order valence-electron chi connectivity index (χ2n) is 9.74. The first-order chi connectivity index (χ1) is 18.7. The molecule has 39 heavy (non-hydrogen) atoms. The second-order valence-corrected chi connectivity index (χ2v) is 10.7. The Labute approximate surface area is 231 Å². The number of benzene rings is 3. The standard InChI is InChI=1S/C32H29NO5S/c1-19(2)37-26-15-10-22(18-21(26)4)30(34)28-29(27-9-6-16-39-27)33(32(36)31(28)35)23-11-13-24(14-12-23)38-25-8-5-7-20(3)17-25/h5-19,29,34H,1-4H3/b30-28-. The van der Waals surface area contributed by atoms with Gasteiger partial charge < -0.3 is 14.6 Å². The highest BCUT2D eigenvalue weighted by Crippen LogP contribution is 2.44. The Hall–Kier alpha value is -4.36. The monoisotopic (exact) mass is 539 g/mol. The molecule has 6 nitrogen and oxygen atoms in total. The normalized spacial score (nSPS) is 16.6. The van der Waals surface area contributed by atoms with Gasteiger partial charge in [0.2, 0.25) is 0 Å². The number of thiophene rings is 1. The number of ketones is 1. The van der Waals surface area contributed by atoms with E-state index in [1.165, 1.54) is 16.2 Å². The first-order valence-electron chi connectivity index (χ1n) is 12.7. The van der Waals surface area contributed by atoms with Crippen LogP contribution in [0.25, 0.3) is 5.76 Å². The first-order valence-corrected chi connectivity index (χ1v) is 13.6. The van der Waals surface area contributed by atoms with Crippen molar-refractivity contribution < 1.29 is 24.2 Å². The van der Waals surface area contributed by atoms with Gasteiger partial charge in [-0.3, -0.25) is 14.5 Å². The van der Waals surface area contributed by atoms with Crippen molar-refractivity contribution in [1.82, 2.24) is 0 Å². The molecule has 0 radical (unpaired) electrons. The van der Waals surface area contributed by atoms with E-state index in [1.807, 2.05) is 69.5 Å². The summed E-state index contributed by atoms with van der Waals surface area (Å²) in [6.07, 6.45) is 0.000832. The number of amides is 1. The molecule has 0 spiro atoms. The van der Waals surface area contributed by atoms with E-state index in [0.29, 0.717) is 28.5 Å². The zero-order valence-electron chi connectivity index (χ0n) is 22.2. The van der Waals surface area contributed by atoms with Crippen molar-refractivity contribution in [3.63, 3.8) is 0 Å². The molecule has 4 aromatic rings. The van der Waals surface area contributed by atoms with Crippen LogP contribution in [0.3, 0.4) is 0 Å². The third-order valence-corrected chi connectivity index (χ3v) is 7.33. The quantitative estimate of drug-likeness (QED) is 0.149. The molecule has 1 aromatic heterocycles. The fourth-order valence-corrected chi connectivity index (χ4v) is 5.47. The van der Waals surface area contributed by atoms with Gasteiger partial charge in [-0.25, -0.2) is 0 Å². The lowest BCUT2D eigenvalue weighted by Gasteiger charge is -2.24. The molecule has 1 unspecified atom stereocenters. The number of carbonyl (C=O) groups is 2. The van der Waals surface area contributed by atoms with Crippen molar-refractivity contribution in [3.05, 3.63) is 111 Å². The molecule has 5 rings (SSSR count). The summed E-state index contributed by atoms with van der Waals surface area (Å²) in [6, 6.07) is 23.0. The summed E-state index contributed by atoms with van der Waals surface area (Å²) in [4.78, 5) is 29.0. The lowest BCUT2D eigenvalue weighted by Crippen LogP contribution is -2.29. The molecule has 3 aromatic carbocycles. The summed E-state index contributed by atoms with van der Waals surface area (Å²) < 4.78 is 11.8. The van der Waals surface area contributed by atoms with E-state index in [-0.39, 0.29) is 17.4 Å². The van der Waals surface area contributed by atoms with E-state index in [0.717, 1.165) is 16.0 Å². The minimum Gasteiger partial charge on any atom is -0.507 e. The molecule has 1 atom stereocenters. The number of aliphatic hydroxyl groups is 1. The number of Topliss-reactive ketones (excluding diaryl/α,β-unsaturated/α-hetero) is 1. The molecule has 1 amide bonds. The zero-order valence-corrected chi connectivity index (χ0v) is 23.0. The van der Waals surface area contributed by atoms with Crippen LogP contribution in [-0.2, 0) is 9.59 Å². The SMILES string of the molecule is Cc1cccc(Oc2ccc(N3C(=O)C(=O)/C(=C(\O)c4ccc(OC(C)C)c(C)c4)C3c3cccs3)cc2)c1. The summed E-state index contributed by atoms with van der Waals surface area (Å²) in [7, 11) is 0. The van der Waals surface area contributed by atoms with Crippen LogP contribution in [0.15, 0.2) is 89.8 Å². The van der Waals surface area contributed by atoms with Gasteiger partial charge in [0.15, 0.2) is 0 Å². The lowest BCUT2D eigenvalue weighted by molar-refractivity contribution is -0.132. The number of nitrogens with zero attached hydrogens (tertiary/aromatic N) is 1. The topological polar surface area (TPSA) is 76.1 Å². The average molecular weight is 540 g/mol. The van der Waals surface area contributed by atoms with Crippen LogP contribution in [0.5, 0.6) is 17.2 Å². The molecule has 1 saturated heterocycles. The van der Waals surface area contributed by atoms with Gasteiger partial charge >= 0.3 is 0 Å². The molecular weight excluding hydrogens is 510 g/mol. The molecular formula is C32H29NO5S. The van der Waals surface area contributed by atoms with Gasteiger partial charge in [0.25, 0.3) is 11.7 Å². The van der Waals surface area contributed by atoms with Gasteiger partial charge in [-0.1, -0.05) is 18.2 Å². The Balaban J connectivity index is 1.52. The van der Waals surface area contributed by atoms with E-state index in [2.05, 4.69) is 0 Å². The van der Waals surface area contributed by atoms with Crippen LogP contribution in [-0.4, -0.2) is 22.9 Å². The van der Waals surface area contributed by atoms with E-state index < -0.39 is 17.7 Å². The lowest BCUT2D eigenvalue weighted by atomic mass is 9.98. The number of anilines is 1. The Kier molecular flexibility index (Phi) is 7.26. The number of carbonyl (C=O) groups excluding carboxylic acids is 2. The van der Waals surface area contributed by atoms with E-state index in [4.69, 9.17) is 9.47 Å². The third kappa shape index (κ3) is 5.31. The molecule has 2 heterocycles. The van der Waals surface area contributed by atoms with Gasteiger partial charge in [-0.15, -0.1) is 11.3 Å². The molecule has 1 N–H and O–H groups in total. The van der Waals surface area contributed by atoms with Crippen molar-refractivity contribution >= 4 is 34.5 Å². The number of ether oxygens (including phenoxy) is 2. The molecule has 0 saturated carbocycles. The summed E-state index contributed by atoms with van der Waals surface area (Å²) in [5.41, 5.74) is 2.94. The molecule has 0 bridgehead atoms. The maximum atomic E-state index is 13.4. The van der Waals surface area contributed by atoms with E-state index in [9.17, 15) is 14.7 Å². The van der Waals surface area contributed by atoms with Gasteiger partial charge in [0.05, 0.1) is 11.7 Å². The maximum Gasteiger partial charge on any atom is 0.300 e. The maximum absolute atomic E-state index is 13.4. The van der Waals surface area contributed by atoms with Crippen LogP contribution in [0.2, 0.25) is 0 Å². The summed E-state index contributed by atoms with van der Waals surface area (Å²) >= 11 is 1.42. The summed E-state index contributed by atoms with van der Waals surface area (Å²) in [5, 5.41) is 13.3. The minimum absolute atomic E-state index is 0.000832. The van der Waals surface area contributed by atoms with E-state index in [1.54, 1.807) is 42.5 Å². The van der Waals surface area contributed by atoms with Crippen LogP contribution in [0.4, 0.5) is 5.69 Å². The Morgan fingerprint density at radius 3 is 2.33 bits per heavy atom. The number of hydrogen-bond donors (Lipinski definition) is 1. The van der Waals surface area contributed by atoms with Gasteiger partial charge in [0.1, 0.15) is 29.0 Å². The molecule has 198 valence electrons. The Morgan fingerprint density at radius 2 is 1.69 bits per heavy atom. The number of rotatable bonds is 7. The predicted molar refractivity (Wildman–Crippen MR) is 154 cm³/mol. The van der Waals surface area contributed by atoms with Crippen molar-refractivity contribution in [1.29, 1.82) is 0 Å². The van der Waals surface area contributed by atoms with Gasteiger partial charge in [-0.2, -0.15) is 0 Å². The van der Waals surface area contributed by atoms with Crippen LogP contribution >= 0.6 is 11.3 Å². The largest absolute Gasteiger partial charge is 0.507 e. The first kappa shape index (κ1) is 26.3. The summed E-state index contributed by atoms with van der Waals surface area (Å²) in [6.45, 7) is 7.75. The fourth-order valence-electron chi connectivity index (χ4n) is 4.64. The molecule has 1 aliphatic heterocycles. The molecule has 1 fully saturated rings. The van der Waals surface area contributed by atoms with Crippen molar-refractivity contribution in [2.24, 2.45) is 0 Å². The number of hydrogen-bond acceptors (Lipinski definition) is 6. The highest BCUT2D eigenvalue weighted by Gasteiger charge is 2.47. The highest BCUT2D eigenvalue weighted by molar-refractivity contribution is 7.10. The highest BCUT2D eigenvalue weighted by atomic mass is 32.1. The van der Waals surface area contributed by atoms with Crippen LogP contribution in [0.1, 0.15) is 41.5 Å². The Morgan fingerprint density at radius 1 is 0.923 bits per heavy atom. The Bertz CT molecular complexity index is 1550. The molecule has 1 aliphatic rings. The van der Waals surface area contributed by atoms with Crippen molar-refractivity contribution in [2.45, 2.75) is 39.8 Å². The predicted octanol–water partition coefficient (Wildman–Crippen LogP) is 7.57. The average Bonchev–Trinajstić information content (AvgIpc) is 3.52. The van der Waals surface area contributed by atoms with E-state index >= 15 is 0 Å². The smallest absolute Gasteiger partial charge is 0.300 e. The van der Waals surface area contributed by atoms with Gasteiger partial charge in [-0.05, 0) is 105 Å². The molecule has 7 heteroatoms. The summed E-state index contributed by atoms with van der Waals surface area (Å²) in [5.74, 6) is 0.372. The second kappa shape index (κ2) is 10.8. The minimum atomic E-state index is -0.763. The fraction of sp³-hybridized carbons (Fsp3) is 0.188. The van der Waals surface area contributed by atoms with Gasteiger partial charge in [0, 0.05) is 16.1 Å². The number of aliphatic hydroxyl groups excluding tert-OH is 1. The van der Waals surface area contributed by atoms with Crippen molar-refractivity contribution in [3.8, 4) is 17.2 Å². The zero-order chi connectivity index (χ0) is 27.7. The van der Waals surface area contributed by atoms with Crippen LogP contribution < -0.4 is 14.4 Å². The molecule has 0 aliphatic carbocycles.